The van der Waals surface area contributed by atoms with Crippen LogP contribution in [0.1, 0.15) is 32.6 Å². The Morgan fingerprint density at radius 3 is 2.78 bits per heavy atom. The molecule has 4 nitrogen and oxygen atoms in total. The lowest BCUT2D eigenvalue weighted by atomic mass is 10.2. The smallest absolute Gasteiger partial charge is 0.0593 e. The fourth-order valence-electron chi connectivity index (χ4n) is 1.85. The SMILES string of the molecule is CCCNC(CO)CCN(C)CCOCC1CC1. The molecule has 0 heterocycles. The summed E-state index contributed by atoms with van der Waals surface area (Å²) in [5, 5.41) is 12.6. The van der Waals surface area contributed by atoms with E-state index in [9.17, 15) is 5.11 Å². The zero-order chi connectivity index (χ0) is 13.2. The van der Waals surface area contributed by atoms with Gasteiger partial charge < -0.3 is 20.1 Å². The van der Waals surface area contributed by atoms with Crippen LogP contribution in [0.15, 0.2) is 0 Å². The van der Waals surface area contributed by atoms with E-state index in [0.29, 0.717) is 0 Å². The van der Waals surface area contributed by atoms with Crippen LogP contribution in [0.5, 0.6) is 0 Å². The van der Waals surface area contributed by atoms with E-state index in [2.05, 4.69) is 24.2 Å². The molecule has 0 aromatic heterocycles. The van der Waals surface area contributed by atoms with Crippen LogP contribution in [0.25, 0.3) is 0 Å². The summed E-state index contributed by atoms with van der Waals surface area (Å²) in [5.74, 6) is 0.854. The van der Waals surface area contributed by atoms with E-state index in [1.165, 1.54) is 12.8 Å². The van der Waals surface area contributed by atoms with Crippen molar-refractivity contribution in [3.8, 4) is 0 Å². The van der Waals surface area contributed by atoms with Gasteiger partial charge in [0.25, 0.3) is 0 Å². The van der Waals surface area contributed by atoms with Crippen LogP contribution in [0, 0.1) is 5.92 Å². The molecule has 1 rings (SSSR count). The van der Waals surface area contributed by atoms with Gasteiger partial charge in [-0.25, -0.2) is 0 Å². The maximum Gasteiger partial charge on any atom is 0.0593 e. The van der Waals surface area contributed by atoms with Crippen molar-refractivity contribution in [3.63, 3.8) is 0 Å². The van der Waals surface area contributed by atoms with Gasteiger partial charge in [0, 0.05) is 19.2 Å². The molecule has 18 heavy (non-hydrogen) atoms. The number of rotatable bonds is 12. The number of hydrogen-bond acceptors (Lipinski definition) is 4. The summed E-state index contributed by atoms with van der Waals surface area (Å²) in [6.45, 7) is 7.13. The molecule has 4 heteroatoms. The van der Waals surface area contributed by atoms with Crippen LogP contribution in [0.3, 0.4) is 0 Å². The van der Waals surface area contributed by atoms with Crippen LogP contribution < -0.4 is 5.32 Å². The minimum atomic E-state index is 0.228. The second-order valence-electron chi connectivity index (χ2n) is 5.44. The van der Waals surface area contributed by atoms with Gasteiger partial charge in [-0.05, 0) is 51.7 Å². The summed E-state index contributed by atoms with van der Waals surface area (Å²) in [4.78, 5) is 2.28. The minimum Gasteiger partial charge on any atom is -0.395 e. The molecule has 0 saturated heterocycles. The maximum atomic E-state index is 9.24. The van der Waals surface area contributed by atoms with Crippen molar-refractivity contribution in [2.75, 3.05) is 46.5 Å². The van der Waals surface area contributed by atoms with Crippen molar-refractivity contribution in [1.29, 1.82) is 0 Å². The highest BCUT2D eigenvalue weighted by Crippen LogP contribution is 2.28. The predicted octanol–water partition coefficient (Wildman–Crippen LogP) is 1.10. The lowest BCUT2D eigenvalue weighted by Gasteiger charge is -2.21. The van der Waals surface area contributed by atoms with Gasteiger partial charge in [0.05, 0.1) is 13.2 Å². The molecule has 0 radical (unpaired) electrons. The standard InChI is InChI=1S/C14H30N2O2/c1-3-7-15-14(11-17)6-8-16(2)9-10-18-12-13-4-5-13/h13-15,17H,3-12H2,1-2H3. The van der Waals surface area contributed by atoms with Crippen molar-refractivity contribution in [2.45, 2.75) is 38.6 Å². The topological polar surface area (TPSA) is 44.7 Å². The lowest BCUT2D eigenvalue weighted by molar-refractivity contribution is 0.101. The molecule has 0 aliphatic heterocycles. The normalized spacial score (nSPS) is 17.3. The molecular weight excluding hydrogens is 228 g/mol. The van der Waals surface area contributed by atoms with Gasteiger partial charge in [0.2, 0.25) is 0 Å². The quantitative estimate of drug-likeness (QED) is 0.515. The van der Waals surface area contributed by atoms with Gasteiger partial charge in [0.1, 0.15) is 0 Å². The van der Waals surface area contributed by atoms with E-state index in [-0.39, 0.29) is 12.6 Å². The number of likely N-dealkylation sites (N-methyl/N-ethyl adjacent to an activating group) is 1. The Labute approximate surface area is 112 Å². The molecule has 0 spiro atoms. The Morgan fingerprint density at radius 2 is 2.17 bits per heavy atom. The Balaban J connectivity index is 1.94. The molecule has 1 atom stereocenters. The summed E-state index contributed by atoms with van der Waals surface area (Å²) < 4.78 is 5.62. The maximum absolute atomic E-state index is 9.24. The van der Waals surface area contributed by atoms with Crippen molar-refractivity contribution >= 4 is 0 Å². The molecule has 1 saturated carbocycles. The van der Waals surface area contributed by atoms with E-state index in [0.717, 1.165) is 51.6 Å². The Morgan fingerprint density at radius 1 is 1.39 bits per heavy atom. The second-order valence-corrected chi connectivity index (χ2v) is 5.44. The van der Waals surface area contributed by atoms with Gasteiger partial charge in [-0.2, -0.15) is 0 Å². The van der Waals surface area contributed by atoms with E-state index in [4.69, 9.17) is 4.74 Å². The monoisotopic (exact) mass is 258 g/mol. The third-order valence-electron chi connectivity index (χ3n) is 3.43. The number of hydrogen-bond donors (Lipinski definition) is 2. The van der Waals surface area contributed by atoms with Crippen LogP contribution >= 0.6 is 0 Å². The second kappa shape index (κ2) is 9.73. The molecule has 1 aliphatic rings. The third kappa shape index (κ3) is 8.03. The molecule has 0 bridgehead atoms. The molecule has 2 N–H and O–H groups in total. The van der Waals surface area contributed by atoms with Crippen LogP contribution in [-0.2, 0) is 4.74 Å². The first-order valence-electron chi connectivity index (χ1n) is 7.36. The van der Waals surface area contributed by atoms with Crippen molar-refractivity contribution in [1.82, 2.24) is 10.2 Å². The Kier molecular flexibility index (Phi) is 8.59. The summed E-state index contributed by atoms with van der Waals surface area (Å²) >= 11 is 0. The first-order chi connectivity index (χ1) is 8.76. The average molecular weight is 258 g/mol. The highest BCUT2D eigenvalue weighted by Gasteiger charge is 2.20. The molecular formula is C14H30N2O2. The summed E-state index contributed by atoms with van der Waals surface area (Å²) in [7, 11) is 2.12. The summed E-state index contributed by atoms with van der Waals surface area (Å²) in [6.07, 6.45) is 4.82. The molecule has 0 aromatic rings. The summed E-state index contributed by atoms with van der Waals surface area (Å²) in [6, 6.07) is 0.236. The minimum absolute atomic E-state index is 0.228. The zero-order valence-corrected chi connectivity index (χ0v) is 12.0. The van der Waals surface area contributed by atoms with Crippen molar-refractivity contribution in [2.24, 2.45) is 5.92 Å². The number of aliphatic hydroxyl groups is 1. The zero-order valence-electron chi connectivity index (χ0n) is 12.0. The fraction of sp³-hybridized carbons (Fsp3) is 1.00. The van der Waals surface area contributed by atoms with E-state index < -0.39 is 0 Å². The molecule has 1 aliphatic carbocycles. The fourth-order valence-corrected chi connectivity index (χ4v) is 1.85. The molecule has 1 unspecified atom stereocenters. The number of nitrogens with zero attached hydrogens (tertiary/aromatic N) is 1. The lowest BCUT2D eigenvalue weighted by Crippen LogP contribution is -2.37. The third-order valence-corrected chi connectivity index (χ3v) is 3.43. The van der Waals surface area contributed by atoms with Crippen LogP contribution in [0.2, 0.25) is 0 Å². The van der Waals surface area contributed by atoms with Crippen molar-refractivity contribution < 1.29 is 9.84 Å². The van der Waals surface area contributed by atoms with Gasteiger partial charge in [-0.3, -0.25) is 0 Å². The number of aliphatic hydroxyl groups excluding tert-OH is 1. The van der Waals surface area contributed by atoms with E-state index >= 15 is 0 Å². The first-order valence-corrected chi connectivity index (χ1v) is 7.36. The van der Waals surface area contributed by atoms with Gasteiger partial charge in [-0.15, -0.1) is 0 Å². The van der Waals surface area contributed by atoms with E-state index in [1.807, 2.05) is 0 Å². The van der Waals surface area contributed by atoms with Gasteiger partial charge >= 0.3 is 0 Å². The molecule has 0 amide bonds. The molecule has 0 aromatic carbocycles. The largest absolute Gasteiger partial charge is 0.395 e. The molecule has 1 fully saturated rings. The number of ether oxygens (including phenoxy) is 1. The summed E-state index contributed by atoms with van der Waals surface area (Å²) in [5.41, 5.74) is 0. The molecule has 108 valence electrons. The van der Waals surface area contributed by atoms with Crippen LogP contribution in [-0.4, -0.2) is 62.6 Å². The van der Waals surface area contributed by atoms with E-state index in [1.54, 1.807) is 0 Å². The highest BCUT2D eigenvalue weighted by atomic mass is 16.5. The van der Waals surface area contributed by atoms with Gasteiger partial charge in [0.15, 0.2) is 0 Å². The number of nitrogens with one attached hydrogen (secondary N) is 1. The first kappa shape index (κ1) is 15.9. The highest BCUT2D eigenvalue weighted by molar-refractivity contribution is 4.72. The average Bonchev–Trinajstić information content (AvgIpc) is 3.19. The predicted molar refractivity (Wildman–Crippen MR) is 74.8 cm³/mol. The Bertz CT molecular complexity index is 198. The van der Waals surface area contributed by atoms with Crippen LogP contribution in [0.4, 0.5) is 0 Å². The van der Waals surface area contributed by atoms with Gasteiger partial charge in [-0.1, -0.05) is 6.92 Å². The Hall–Kier alpha value is -0.160. The van der Waals surface area contributed by atoms with Crippen molar-refractivity contribution in [3.05, 3.63) is 0 Å².